The SMILES string of the molecule is CC(=S)N(O)C(C)C#Cc1cccc(S(=O)(=O)Nc2ccc(F)cc2)c1. The van der Waals surface area contributed by atoms with Crippen molar-refractivity contribution in [1.29, 1.82) is 0 Å². The molecule has 0 radical (unpaired) electrons. The zero-order valence-corrected chi connectivity index (χ0v) is 15.7. The van der Waals surface area contributed by atoms with Crippen LogP contribution in [-0.4, -0.2) is 29.7 Å². The van der Waals surface area contributed by atoms with Crippen LogP contribution in [0, 0.1) is 17.7 Å². The summed E-state index contributed by atoms with van der Waals surface area (Å²) < 4.78 is 40.2. The Balaban J connectivity index is 2.23. The standard InChI is InChI=1S/C18H17FN2O3S2/c1-13(21(22)14(2)25)6-7-15-4-3-5-18(12-15)26(23,24)20-17-10-8-16(19)9-11-17/h3-5,8-13,20,22H,1-2H3. The molecule has 0 heterocycles. The van der Waals surface area contributed by atoms with Crippen LogP contribution in [0.15, 0.2) is 53.4 Å². The van der Waals surface area contributed by atoms with Gasteiger partial charge in [-0.3, -0.25) is 9.93 Å². The lowest BCUT2D eigenvalue weighted by Gasteiger charge is -2.17. The highest BCUT2D eigenvalue weighted by Gasteiger charge is 2.14. The highest BCUT2D eigenvalue weighted by atomic mass is 32.2. The molecule has 0 aliphatic carbocycles. The molecule has 5 nitrogen and oxygen atoms in total. The van der Waals surface area contributed by atoms with E-state index in [4.69, 9.17) is 12.2 Å². The van der Waals surface area contributed by atoms with E-state index < -0.39 is 21.9 Å². The van der Waals surface area contributed by atoms with Crippen molar-refractivity contribution < 1.29 is 18.0 Å². The van der Waals surface area contributed by atoms with Crippen molar-refractivity contribution in [1.82, 2.24) is 5.06 Å². The third kappa shape index (κ3) is 5.26. The second-order valence-corrected chi connectivity index (χ2v) is 7.72. The summed E-state index contributed by atoms with van der Waals surface area (Å²) in [5.74, 6) is 5.15. The second-order valence-electron chi connectivity index (χ2n) is 5.45. The van der Waals surface area contributed by atoms with Crippen molar-refractivity contribution in [2.45, 2.75) is 24.8 Å². The molecule has 0 fully saturated rings. The van der Waals surface area contributed by atoms with Gasteiger partial charge in [-0.25, -0.2) is 17.9 Å². The van der Waals surface area contributed by atoms with Gasteiger partial charge in [-0.15, -0.1) is 0 Å². The molecule has 0 aliphatic heterocycles. The number of thiocarbonyl (C=S) groups is 1. The maximum atomic E-state index is 12.9. The van der Waals surface area contributed by atoms with Crippen molar-refractivity contribution >= 4 is 32.9 Å². The van der Waals surface area contributed by atoms with Crippen LogP contribution in [0.5, 0.6) is 0 Å². The molecule has 2 rings (SSSR count). The number of benzene rings is 2. The summed E-state index contributed by atoms with van der Waals surface area (Å²) in [6.07, 6.45) is 0. The molecule has 2 aromatic carbocycles. The quantitative estimate of drug-likeness (QED) is 0.474. The molecular formula is C18H17FN2O3S2. The van der Waals surface area contributed by atoms with Crippen LogP contribution in [0.1, 0.15) is 19.4 Å². The molecule has 0 saturated carbocycles. The summed E-state index contributed by atoms with van der Waals surface area (Å²) in [5, 5.41) is 10.6. The Morgan fingerprint density at radius 3 is 2.54 bits per heavy atom. The lowest BCUT2D eigenvalue weighted by Crippen LogP contribution is -2.31. The average Bonchev–Trinajstić information content (AvgIpc) is 2.61. The largest absolute Gasteiger partial charge is 0.287 e. The van der Waals surface area contributed by atoms with Crippen molar-refractivity contribution in [3.63, 3.8) is 0 Å². The lowest BCUT2D eigenvalue weighted by molar-refractivity contribution is -0.0279. The monoisotopic (exact) mass is 392 g/mol. The van der Waals surface area contributed by atoms with E-state index in [1.165, 1.54) is 36.4 Å². The molecular weight excluding hydrogens is 375 g/mol. The molecule has 26 heavy (non-hydrogen) atoms. The molecule has 8 heteroatoms. The van der Waals surface area contributed by atoms with Crippen molar-refractivity contribution in [3.05, 3.63) is 59.9 Å². The van der Waals surface area contributed by atoms with Crippen molar-refractivity contribution in [3.8, 4) is 11.8 Å². The predicted molar refractivity (Wildman–Crippen MR) is 102 cm³/mol. The van der Waals surface area contributed by atoms with Gasteiger partial charge >= 0.3 is 0 Å². The molecule has 1 atom stereocenters. The fourth-order valence-corrected chi connectivity index (χ4v) is 3.26. The Hall–Kier alpha value is -2.47. The molecule has 2 N–H and O–H groups in total. The van der Waals surface area contributed by atoms with Crippen LogP contribution in [0.4, 0.5) is 10.1 Å². The van der Waals surface area contributed by atoms with E-state index in [1.54, 1.807) is 26.0 Å². The van der Waals surface area contributed by atoms with Gasteiger partial charge in [0.05, 0.1) is 4.90 Å². The predicted octanol–water partition coefficient (Wildman–Crippen LogP) is 3.41. The number of nitrogens with one attached hydrogen (secondary N) is 1. The lowest BCUT2D eigenvalue weighted by atomic mass is 10.2. The topological polar surface area (TPSA) is 69.6 Å². The van der Waals surface area contributed by atoms with Gasteiger partial charge in [0.2, 0.25) is 0 Å². The highest BCUT2D eigenvalue weighted by molar-refractivity contribution is 7.92. The molecule has 0 aromatic heterocycles. The number of rotatable bonds is 4. The maximum absolute atomic E-state index is 12.9. The number of hydroxylamine groups is 2. The summed E-state index contributed by atoms with van der Waals surface area (Å²) in [6, 6.07) is 10.5. The molecule has 0 spiro atoms. The summed E-state index contributed by atoms with van der Waals surface area (Å²) in [6.45, 7) is 3.24. The summed E-state index contributed by atoms with van der Waals surface area (Å²) in [5.41, 5.74) is 0.721. The average molecular weight is 392 g/mol. The molecule has 0 bridgehead atoms. The van der Waals surface area contributed by atoms with Gasteiger partial charge in [-0.05, 0) is 56.3 Å². The van der Waals surface area contributed by atoms with Gasteiger partial charge in [-0.2, -0.15) is 0 Å². The minimum Gasteiger partial charge on any atom is -0.287 e. The number of hydrogen-bond donors (Lipinski definition) is 2. The summed E-state index contributed by atoms with van der Waals surface area (Å²) in [4.78, 5) is 0.305. The van der Waals surface area contributed by atoms with Crippen LogP contribution in [0.25, 0.3) is 0 Å². The summed E-state index contributed by atoms with van der Waals surface area (Å²) >= 11 is 4.86. The van der Waals surface area contributed by atoms with Crippen LogP contribution < -0.4 is 4.72 Å². The van der Waals surface area contributed by atoms with Crippen molar-refractivity contribution in [2.75, 3.05) is 4.72 Å². The smallest absolute Gasteiger partial charge is 0.261 e. The normalized spacial score (nSPS) is 11.8. The van der Waals surface area contributed by atoms with Gasteiger partial charge in [0.1, 0.15) is 16.8 Å². The minimum atomic E-state index is -3.84. The first-order chi connectivity index (χ1) is 12.2. The van der Waals surface area contributed by atoms with Gasteiger partial charge < -0.3 is 0 Å². The van der Waals surface area contributed by atoms with E-state index in [0.29, 0.717) is 5.56 Å². The Morgan fingerprint density at radius 2 is 1.92 bits per heavy atom. The maximum Gasteiger partial charge on any atom is 0.261 e. The Bertz CT molecular complexity index is 964. The minimum absolute atomic E-state index is 0.0214. The number of halogens is 1. The third-order valence-electron chi connectivity index (χ3n) is 3.36. The van der Waals surface area contributed by atoms with Crippen molar-refractivity contribution in [2.24, 2.45) is 0 Å². The number of hydrogen-bond acceptors (Lipinski definition) is 4. The van der Waals surface area contributed by atoms with Crippen LogP contribution in [0.2, 0.25) is 0 Å². The zero-order chi connectivity index (χ0) is 19.3. The number of anilines is 1. The molecule has 136 valence electrons. The van der Waals surface area contributed by atoms with E-state index in [9.17, 15) is 18.0 Å². The Kier molecular flexibility index (Phi) is 6.32. The van der Waals surface area contributed by atoms with E-state index in [-0.39, 0.29) is 15.6 Å². The Morgan fingerprint density at radius 1 is 1.27 bits per heavy atom. The zero-order valence-electron chi connectivity index (χ0n) is 14.1. The van der Waals surface area contributed by atoms with Gasteiger partial charge in [0, 0.05) is 11.3 Å². The van der Waals surface area contributed by atoms with Crippen LogP contribution in [-0.2, 0) is 10.0 Å². The first-order valence-electron chi connectivity index (χ1n) is 7.58. The van der Waals surface area contributed by atoms with E-state index in [2.05, 4.69) is 16.6 Å². The van der Waals surface area contributed by atoms with Crippen LogP contribution in [0.3, 0.4) is 0 Å². The van der Waals surface area contributed by atoms with E-state index in [1.807, 2.05) is 0 Å². The fraction of sp³-hybridized carbons (Fsp3) is 0.167. The van der Waals surface area contributed by atoms with E-state index >= 15 is 0 Å². The molecule has 0 aliphatic rings. The van der Waals surface area contributed by atoms with Gasteiger partial charge in [0.15, 0.2) is 0 Å². The van der Waals surface area contributed by atoms with Crippen LogP contribution >= 0.6 is 12.2 Å². The first kappa shape index (κ1) is 19.8. The highest BCUT2D eigenvalue weighted by Crippen LogP contribution is 2.17. The summed E-state index contributed by atoms with van der Waals surface area (Å²) in [7, 11) is -3.84. The molecule has 0 saturated heterocycles. The molecule has 0 amide bonds. The van der Waals surface area contributed by atoms with Gasteiger partial charge in [0.25, 0.3) is 10.0 Å². The Labute approximate surface area is 157 Å². The molecule has 1 unspecified atom stereocenters. The second kappa shape index (κ2) is 8.27. The van der Waals surface area contributed by atoms with Gasteiger partial charge in [-0.1, -0.05) is 30.1 Å². The third-order valence-corrected chi connectivity index (χ3v) is 4.92. The fourth-order valence-electron chi connectivity index (χ4n) is 1.99. The molecule has 2 aromatic rings. The number of sulfonamides is 1. The first-order valence-corrected chi connectivity index (χ1v) is 9.47. The van der Waals surface area contributed by atoms with E-state index in [0.717, 1.165) is 5.06 Å². The number of nitrogens with zero attached hydrogens (tertiary/aromatic N) is 1.